The summed E-state index contributed by atoms with van der Waals surface area (Å²) in [5.41, 5.74) is 2.28. The number of hydrogen-bond acceptors (Lipinski definition) is 3. The van der Waals surface area contributed by atoms with E-state index < -0.39 is 5.92 Å². The normalized spacial score (nSPS) is 12.3. The van der Waals surface area contributed by atoms with Crippen molar-refractivity contribution in [1.82, 2.24) is 10.6 Å². The summed E-state index contributed by atoms with van der Waals surface area (Å²) in [6.07, 6.45) is 0. The number of rotatable bonds is 5. The van der Waals surface area contributed by atoms with Crippen LogP contribution in [0.3, 0.4) is 0 Å². The highest BCUT2D eigenvalue weighted by Crippen LogP contribution is 2.43. The largest absolute Gasteiger partial charge is 0.457 e. The molecular formula is C23H20N2O3. The lowest BCUT2D eigenvalue weighted by Gasteiger charge is -2.27. The molecule has 0 atom stereocenters. The van der Waals surface area contributed by atoms with E-state index in [1.807, 2.05) is 66.7 Å². The molecule has 0 saturated carbocycles. The molecule has 2 N–H and O–H groups in total. The second-order valence-corrected chi connectivity index (χ2v) is 6.52. The topological polar surface area (TPSA) is 67.4 Å². The van der Waals surface area contributed by atoms with E-state index in [4.69, 9.17) is 4.74 Å². The molecule has 0 aromatic heterocycles. The second-order valence-electron chi connectivity index (χ2n) is 6.52. The van der Waals surface area contributed by atoms with Crippen molar-refractivity contribution < 1.29 is 14.3 Å². The van der Waals surface area contributed by atoms with E-state index in [0.29, 0.717) is 30.2 Å². The standard InChI is InChI=1S/C23H20N2O3/c26-22(16-8-2-1-3-9-16)24-14-15-25-23(27)21-17-10-4-6-12-19(17)28-20-13-7-5-11-18(20)21/h1-13,21H,14-15H2,(H,24,26)(H,25,27). The highest BCUT2D eigenvalue weighted by atomic mass is 16.5. The molecule has 1 aliphatic rings. The lowest BCUT2D eigenvalue weighted by atomic mass is 9.87. The fourth-order valence-corrected chi connectivity index (χ4v) is 3.35. The summed E-state index contributed by atoms with van der Waals surface area (Å²) in [5, 5.41) is 5.75. The van der Waals surface area contributed by atoms with E-state index in [9.17, 15) is 9.59 Å². The molecule has 140 valence electrons. The predicted molar refractivity (Wildman–Crippen MR) is 107 cm³/mol. The van der Waals surface area contributed by atoms with Crippen LogP contribution in [-0.2, 0) is 4.79 Å². The summed E-state index contributed by atoms with van der Waals surface area (Å²) in [6, 6.07) is 24.1. The van der Waals surface area contributed by atoms with Crippen LogP contribution >= 0.6 is 0 Å². The zero-order valence-corrected chi connectivity index (χ0v) is 15.2. The number of carbonyl (C=O) groups excluding carboxylic acids is 2. The van der Waals surface area contributed by atoms with E-state index >= 15 is 0 Å². The molecule has 4 rings (SSSR count). The van der Waals surface area contributed by atoms with Gasteiger partial charge in [0.25, 0.3) is 5.91 Å². The maximum Gasteiger partial charge on any atom is 0.251 e. The van der Waals surface area contributed by atoms with Crippen LogP contribution in [0.25, 0.3) is 0 Å². The Hall–Kier alpha value is -3.60. The Kier molecular flexibility index (Phi) is 5.06. The SMILES string of the molecule is O=C(NCCNC(=O)C1c2ccccc2Oc2ccccc21)c1ccccc1. The Morgan fingerprint density at radius 3 is 1.89 bits per heavy atom. The Morgan fingerprint density at radius 1 is 0.714 bits per heavy atom. The molecule has 0 unspecified atom stereocenters. The third-order valence-corrected chi connectivity index (χ3v) is 4.69. The maximum atomic E-state index is 13.0. The van der Waals surface area contributed by atoms with E-state index in [1.165, 1.54) is 0 Å². The first kappa shape index (κ1) is 17.8. The maximum absolute atomic E-state index is 13.0. The van der Waals surface area contributed by atoms with Crippen LogP contribution < -0.4 is 15.4 Å². The molecule has 0 bridgehead atoms. The smallest absolute Gasteiger partial charge is 0.251 e. The van der Waals surface area contributed by atoms with Gasteiger partial charge in [0.05, 0.1) is 5.92 Å². The summed E-state index contributed by atoms with van der Waals surface area (Å²) in [7, 11) is 0. The summed E-state index contributed by atoms with van der Waals surface area (Å²) in [4.78, 5) is 25.0. The van der Waals surface area contributed by atoms with Crippen LogP contribution in [-0.4, -0.2) is 24.9 Å². The lowest BCUT2D eigenvalue weighted by Crippen LogP contribution is -2.37. The monoisotopic (exact) mass is 372 g/mol. The zero-order valence-electron chi connectivity index (χ0n) is 15.2. The van der Waals surface area contributed by atoms with Crippen molar-refractivity contribution in [1.29, 1.82) is 0 Å². The fraction of sp³-hybridized carbons (Fsp3) is 0.130. The lowest BCUT2D eigenvalue weighted by molar-refractivity contribution is -0.121. The first-order valence-corrected chi connectivity index (χ1v) is 9.21. The Labute approximate surface area is 163 Å². The molecule has 3 aromatic carbocycles. The van der Waals surface area contributed by atoms with Crippen LogP contribution in [0, 0.1) is 0 Å². The van der Waals surface area contributed by atoms with Gasteiger partial charge in [-0.1, -0.05) is 54.6 Å². The molecule has 28 heavy (non-hydrogen) atoms. The second kappa shape index (κ2) is 7.96. The molecule has 0 radical (unpaired) electrons. The minimum Gasteiger partial charge on any atom is -0.457 e. The van der Waals surface area contributed by atoms with E-state index in [-0.39, 0.29) is 11.8 Å². The Balaban J connectivity index is 1.42. The van der Waals surface area contributed by atoms with Crippen molar-refractivity contribution >= 4 is 11.8 Å². The van der Waals surface area contributed by atoms with Gasteiger partial charge in [-0.2, -0.15) is 0 Å². The molecule has 2 amide bonds. The van der Waals surface area contributed by atoms with Gasteiger partial charge in [-0.3, -0.25) is 9.59 Å². The molecule has 0 aliphatic carbocycles. The molecule has 5 heteroatoms. The molecule has 1 heterocycles. The van der Waals surface area contributed by atoms with Gasteiger partial charge in [0.15, 0.2) is 0 Å². The van der Waals surface area contributed by atoms with Gasteiger partial charge in [0, 0.05) is 29.8 Å². The number of ether oxygens (including phenoxy) is 1. The zero-order chi connectivity index (χ0) is 19.3. The average Bonchev–Trinajstić information content (AvgIpc) is 2.75. The number of fused-ring (bicyclic) bond motifs is 2. The van der Waals surface area contributed by atoms with Crippen molar-refractivity contribution in [3.05, 3.63) is 95.6 Å². The third-order valence-electron chi connectivity index (χ3n) is 4.69. The van der Waals surface area contributed by atoms with Gasteiger partial charge in [-0.05, 0) is 24.3 Å². The van der Waals surface area contributed by atoms with Gasteiger partial charge >= 0.3 is 0 Å². The molecule has 0 saturated heterocycles. The van der Waals surface area contributed by atoms with Crippen molar-refractivity contribution in [3.8, 4) is 11.5 Å². The summed E-state index contributed by atoms with van der Waals surface area (Å²) in [6.45, 7) is 0.699. The van der Waals surface area contributed by atoms with Crippen LogP contribution in [0.5, 0.6) is 11.5 Å². The van der Waals surface area contributed by atoms with Gasteiger partial charge in [0.2, 0.25) is 5.91 Å². The number of amides is 2. The van der Waals surface area contributed by atoms with Crippen LogP contribution in [0.15, 0.2) is 78.9 Å². The molecule has 5 nitrogen and oxygen atoms in total. The van der Waals surface area contributed by atoms with Crippen LogP contribution in [0.1, 0.15) is 27.4 Å². The van der Waals surface area contributed by atoms with Crippen molar-refractivity contribution in [3.63, 3.8) is 0 Å². The highest BCUT2D eigenvalue weighted by molar-refractivity contribution is 5.94. The number of para-hydroxylation sites is 2. The van der Waals surface area contributed by atoms with E-state index in [0.717, 1.165) is 11.1 Å². The van der Waals surface area contributed by atoms with Crippen molar-refractivity contribution in [2.24, 2.45) is 0 Å². The molecule has 3 aromatic rings. The average molecular weight is 372 g/mol. The minimum absolute atomic E-state index is 0.114. The van der Waals surface area contributed by atoms with Gasteiger partial charge in [-0.25, -0.2) is 0 Å². The summed E-state index contributed by atoms with van der Waals surface area (Å²) < 4.78 is 5.93. The first-order valence-electron chi connectivity index (χ1n) is 9.21. The number of hydrogen-bond donors (Lipinski definition) is 2. The number of nitrogens with one attached hydrogen (secondary N) is 2. The summed E-state index contributed by atoms with van der Waals surface area (Å²) in [5.74, 6) is 0.678. The molecule has 1 aliphatic heterocycles. The highest BCUT2D eigenvalue weighted by Gasteiger charge is 2.32. The van der Waals surface area contributed by atoms with Crippen molar-refractivity contribution in [2.75, 3.05) is 13.1 Å². The Bertz CT molecular complexity index is 956. The van der Waals surface area contributed by atoms with Crippen molar-refractivity contribution in [2.45, 2.75) is 5.92 Å². The molecule has 0 fully saturated rings. The van der Waals surface area contributed by atoms with Gasteiger partial charge in [0.1, 0.15) is 11.5 Å². The predicted octanol–water partition coefficient (Wildman–Crippen LogP) is 3.47. The van der Waals surface area contributed by atoms with E-state index in [2.05, 4.69) is 10.6 Å². The minimum atomic E-state index is -0.439. The van der Waals surface area contributed by atoms with E-state index in [1.54, 1.807) is 12.1 Å². The molecule has 0 spiro atoms. The number of carbonyl (C=O) groups is 2. The van der Waals surface area contributed by atoms with Crippen LogP contribution in [0.4, 0.5) is 0 Å². The summed E-state index contributed by atoms with van der Waals surface area (Å²) >= 11 is 0. The van der Waals surface area contributed by atoms with Crippen LogP contribution in [0.2, 0.25) is 0 Å². The fourth-order valence-electron chi connectivity index (χ4n) is 3.35. The quantitative estimate of drug-likeness (QED) is 0.674. The Morgan fingerprint density at radius 2 is 1.25 bits per heavy atom. The van der Waals surface area contributed by atoms with Gasteiger partial charge in [-0.15, -0.1) is 0 Å². The first-order chi connectivity index (χ1) is 13.7. The molecular weight excluding hydrogens is 352 g/mol. The number of benzene rings is 3. The third kappa shape index (κ3) is 3.60. The van der Waals surface area contributed by atoms with Gasteiger partial charge < -0.3 is 15.4 Å².